The highest BCUT2D eigenvalue weighted by Crippen LogP contribution is 2.24. The van der Waals surface area contributed by atoms with E-state index in [9.17, 15) is 9.59 Å². The second kappa shape index (κ2) is 10.8. The third kappa shape index (κ3) is 5.61. The Morgan fingerprint density at radius 2 is 1.27 bits per heavy atom. The van der Waals surface area contributed by atoms with Crippen LogP contribution in [0.2, 0.25) is 10.0 Å². The van der Waals surface area contributed by atoms with E-state index in [4.69, 9.17) is 27.9 Å². The minimum atomic E-state index is -0.808. The summed E-state index contributed by atoms with van der Waals surface area (Å²) in [6, 6.07) is 30.9. The van der Waals surface area contributed by atoms with Crippen LogP contribution in [0.4, 0.5) is 0 Å². The van der Waals surface area contributed by atoms with Crippen LogP contribution in [0.3, 0.4) is 0 Å². The molecule has 8 heteroatoms. The fraction of sp³-hybridized carbons (Fsp3) is 0.0345. The van der Waals surface area contributed by atoms with E-state index in [-0.39, 0.29) is 11.6 Å². The Kier molecular flexibility index (Phi) is 7.12. The molecule has 0 spiro atoms. The summed E-state index contributed by atoms with van der Waals surface area (Å²) in [6.07, 6.45) is 0. The topological polar surface area (TPSA) is 74.1 Å². The van der Waals surface area contributed by atoms with E-state index < -0.39 is 12.6 Å². The van der Waals surface area contributed by atoms with Crippen LogP contribution in [0.5, 0.6) is 0 Å². The van der Waals surface area contributed by atoms with Crippen LogP contribution in [0.25, 0.3) is 28.2 Å². The summed E-state index contributed by atoms with van der Waals surface area (Å²) in [5.41, 5.74) is 3.82. The highest BCUT2D eigenvalue weighted by molar-refractivity contribution is 6.30. The number of halogens is 2. The maximum absolute atomic E-state index is 12.8. The van der Waals surface area contributed by atoms with E-state index in [2.05, 4.69) is 10.1 Å². The van der Waals surface area contributed by atoms with Gasteiger partial charge in [0.05, 0.1) is 5.69 Å². The molecule has 4 aromatic carbocycles. The first-order valence-electron chi connectivity index (χ1n) is 11.3. The van der Waals surface area contributed by atoms with E-state index in [0.717, 1.165) is 11.1 Å². The molecule has 1 heterocycles. The molecule has 0 aliphatic heterocycles. The molecule has 1 aromatic heterocycles. The maximum atomic E-state index is 12.8. The lowest BCUT2D eigenvalue weighted by Gasteiger charge is -2.06. The molecule has 0 N–H and O–H groups in total. The highest BCUT2D eigenvalue weighted by Gasteiger charge is 2.21. The lowest BCUT2D eigenvalue weighted by Crippen LogP contribution is -2.15. The normalized spacial score (nSPS) is 10.8. The first-order valence-corrected chi connectivity index (χ1v) is 12.1. The fourth-order valence-corrected chi connectivity index (χ4v) is 3.96. The van der Waals surface area contributed by atoms with E-state index in [1.807, 2.05) is 42.5 Å². The van der Waals surface area contributed by atoms with Gasteiger partial charge >= 0.3 is 5.97 Å². The number of carbonyl (C=O) groups is 2. The predicted molar refractivity (Wildman–Crippen MR) is 143 cm³/mol. The van der Waals surface area contributed by atoms with Crippen LogP contribution in [-0.2, 0) is 4.74 Å². The first kappa shape index (κ1) is 24.4. The minimum Gasteiger partial charge on any atom is -0.451 e. The molecular formula is C29H19Cl2N3O3. The Morgan fingerprint density at radius 3 is 1.92 bits per heavy atom. The molecule has 6 nitrogen and oxygen atoms in total. The van der Waals surface area contributed by atoms with Gasteiger partial charge in [-0.25, -0.2) is 14.5 Å². The predicted octanol–water partition coefficient (Wildman–Crippen LogP) is 6.95. The van der Waals surface area contributed by atoms with Crippen LogP contribution in [0, 0.1) is 0 Å². The lowest BCUT2D eigenvalue weighted by atomic mass is 10.0. The summed E-state index contributed by atoms with van der Waals surface area (Å²) in [5, 5.41) is 5.48. The molecule has 182 valence electrons. The number of esters is 1. The summed E-state index contributed by atoms with van der Waals surface area (Å²) < 4.78 is 6.78. The Morgan fingerprint density at radius 1 is 0.703 bits per heavy atom. The molecule has 37 heavy (non-hydrogen) atoms. The van der Waals surface area contributed by atoms with Crippen molar-refractivity contribution in [3.63, 3.8) is 0 Å². The molecule has 0 aliphatic carbocycles. The van der Waals surface area contributed by atoms with Gasteiger partial charge in [-0.05, 0) is 59.7 Å². The van der Waals surface area contributed by atoms with Gasteiger partial charge in [0.1, 0.15) is 0 Å². The van der Waals surface area contributed by atoms with Crippen LogP contribution >= 0.6 is 23.2 Å². The summed E-state index contributed by atoms with van der Waals surface area (Å²) in [6.45, 7) is -0.435. The fourth-order valence-electron chi connectivity index (χ4n) is 3.70. The lowest BCUT2D eigenvalue weighted by molar-refractivity contribution is 0.0462. The average Bonchev–Trinajstić information content (AvgIpc) is 3.38. The van der Waals surface area contributed by atoms with Gasteiger partial charge in [0, 0.05) is 21.2 Å². The number of hydrogen-bond donors (Lipinski definition) is 0. The molecule has 5 rings (SSSR count). The Bertz CT molecular complexity index is 1480. The number of ketones is 1. The van der Waals surface area contributed by atoms with Crippen molar-refractivity contribution in [3.8, 4) is 28.2 Å². The van der Waals surface area contributed by atoms with Crippen molar-refractivity contribution in [2.75, 3.05) is 6.61 Å². The van der Waals surface area contributed by atoms with Crippen LogP contribution in [-0.4, -0.2) is 33.1 Å². The Labute approximate surface area is 223 Å². The van der Waals surface area contributed by atoms with Gasteiger partial charge < -0.3 is 4.74 Å². The molecule has 0 aliphatic rings. The third-order valence-corrected chi connectivity index (χ3v) is 6.12. The minimum absolute atomic E-state index is 0.174. The molecule has 0 unspecified atom stereocenters. The van der Waals surface area contributed by atoms with Crippen molar-refractivity contribution < 1.29 is 14.3 Å². The number of carbonyl (C=O) groups excluding carboxylic acids is 2. The van der Waals surface area contributed by atoms with Crippen molar-refractivity contribution >= 4 is 35.0 Å². The molecule has 0 fully saturated rings. The van der Waals surface area contributed by atoms with Gasteiger partial charge in [0.2, 0.25) is 0 Å². The van der Waals surface area contributed by atoms with Crippen molar-refractivity contribution in [3.05, 3.63) is 125 Å². The van der Waals surface area contributed by atoms with Crippen molar-refractivity contribution in [1.82, 2.24) is 14.8 Å². The molecule has 0 radical (unpaired) electrons. The van der Waals surface area contributed by atoms with Crippen LogP contribution in [0.1, 0.15) is 21.0 Å². The van der Waals surface area contributed by atoms with Gasteiger partial charge in [-0.3, -0.25) is 4.79 Å². The second-order valence-corrected chi connectivity index (χ2v) is 8.97. The number of nitrogens with zero attached hydrogens (tertiary/aromatic N) is 3. The number of rotatable bonds is 7. The molecule has 0 saturated carbocycles. The van der Waals surface area contributed by atoms with Crippen molar-refractivity contribution in [1.29, 1.82) is 0 Å². The quantitative estimate of drug-likeness (QED) is 0.169. The zero-order valence-electron chi connectivity index (χ0n) is 19.3. The number of benzene rings is 4. The standard InChI is InChI=1S/C29H19Cl2N3O3/c30-23-12-10-22(11-13-23)28-32-27(33-34(28)25-16-14-24(31)15-17-25)29(36)37-18-26(35)21-8-6-20(7-9-21)19-4-2-1-3-5-19/h1-17H,18H2. The van der Waals surface area contributed by atoms with Gasteiger partial charge in [-0.15, -0.1) is 5.10 Å². The average molecular weight is 528 g/mol. The summed E-state index contributed by atoms with van der Waals surface area (Å²) in [7, 11) is 0. The van der Waals surface area contributed by atoms with Gasteiger partial charge in [-0.1, -0.05) is 77.8 Å². The zero-order valence-corrected chi connectivity index (χ0v) is 20.9. The number of aromatic nitrogens is 3. The van der Waals surface area contributed by atoms with Gasteiger partial charge in [0.25, 0.3) is 5.82 Å². The highest BCUT2D eigenvalue weighted by atomic mass is 35.5. The van der Waals surface area contributed by atoms with Gasteiger partial charge in [-0.2, -0.15) is 0 Å². The van der Waals surface area contributed by atoms with Crippen molar-refractivity contribution in [2.45, 2.75) is 0 Å². The van der Waals surface area contributed by atoms with Crippen LogP contribution in [0.15, 0.2) is 103 Å². The second-order valence-electron chi connectivity index (χ2n) is 8.10. The largest absolute Gasteiger partial charge is 0.451 e. The SMILES string of the molecule is O=C(COC(=O)c1nc(-c2ccc(Cl)cc2)n(-c2ccc(Cl)cc2)n1)c1ccc(-c2ccccc2)cc1. The molecule has 0 atom stereocenters. The Balaban J connectivity index is 1.34. The van der Waals surface area contributed by atoms with E-state index in [1.165, 1.54) is 4.68 Å². The Hall–Kier alpha value is -4.26. The smallest absolute Gasteiger partial charge is 0.378 e. The van der Waals surface area contributed by atoms with E-state index >= 15 is 0 Å². The zero-order chi connectivity index (χ0) is 25.8. The molecule has 0 amide bonds. The number of hydrogen-bond acceptors (Lipinski definition) is 5. The van der Waals surface area contributed by atoms with Crippen molar-refractivity contribution in [2.24, 2.45) is 0 Å². The molecule has 0 bridgehead atoms. The molecular weight excluding hydrogens is 509 g/mol. The van der Waals surface area contributed by atoms with Gasteiger partial charge in [0.15, 0.2) is 18.2 Å². The van der Waals surface area contributed by atoms with Crippen LogP contribution < -0.4 is 0 Å². The maximum Gasteiger partial charge on any atom is 0.378 e. The monoisotopic (exact) mass is 527 g/mol. The number of ether oxygens (including phenoxy) is 1. The third-order valence-electron chi connectivity index (χ3n) is 5.61. The van der Waals surface area contributed by atoms with E-state index in [0.29, 0.717) is 32.7 Å². The molecule has 5 aromatic rings. The first-order chi connectivity index (χ1) is 18.0. The summed E-state index contributed by atoms with van der Waals surface area (Å²) in [4.78, 5) is 29.9. The van der Waals surface area contributed by atoms with E-state index in [1.54, 1.807) is 60.7 Å². The summed E-state index contributed by atoms with van der Waals surface area (Å²) >= 11 is 12.1. The number of Topliss-reactive ketones (excluding diaryl/α,β-unsaturated/α-hetero) is 1. The summed E-state index contributed by atoms with van der Waals surface area (Å²) in [5.74, 6) is -0.902. The molecule has 0 saturated heterocycles.